The van der Waals surface area contributed by atoms with Crippen LogP contribution in [0.1, 0.15) is 28.8 Å². The van der Waals surface area contributed by atoms with Crippen molar-refractivity contribution in [3.05, 3.63) is 53.7 Å². The summed E-state index contributed by atoms with van der Waals surface area (Å²) in [5.74, 6) is 0.219. The minimum Gasteiger partial charge on any atom is -0.353 e. The van der Waals surface area contributed by atoms with Gasteiger partial charge in [0.25, 0.3) is 5.91 Å². The zero-order chi connectivity index (χ0) is 22.9. The normalized spacial score (nSPS) is 18.2. The molecule has 32 heavy (non-hydrogen) atoms. The van der Waals surface area contributed by atoms with Crippen LogP contribution in [0.15, 0.2) is 47.5 Å². The number of carbonyl (C=O) groups excluding carboxylic acids is 1. The quantitative estimate of drug-likeness (QED) is 0.690. The van der Waals surface area contributed by atoms with Gasteiger partial charge in [-0.15, -0.1) is 0 Å². The molecule has 172 valence electrons. The molecule has 0 N–H and O–H groups in total. The van der Waals surface area contributed by atoms with E-state index in [0.29, 0.717) is 50.6 Å². The Balaban J connectivity index is 1.37. The maximum atomic E-state index is 12.8. The van der Waals surface area contributed by atoms with Crippen molar-refractivity contribution in [2.24, 2.45) is 0 Å². The van der Waals surface area contributed by atoms with Crippen LogP contribution < -0.4 is 4.90 Å². The van der Waals surface area contributed by atoms with Gasteiger partial charge in [0, 0.05) is 51.0 Å². The monoisotopic (exact) mass is 468 g/mol. The molecule has 0 saturated carbocycles. The van der Waals surface area contributed by atoms with Crippen molar-refractivity contribution in [3.63, 3.8) is 0 Å². The van der Waals surface area contributed by atoms with Crippen LogP contribution in [0.3, 0.4) is 0 Å². The van der Waals surface area contributed by atoms with E-state index < -0.39 is 21.8 Å². The van der Waals surface area contributed by atoms with E-state index in [1.165, 1.54) is 34.6 Å². The summed E-state index contributed by atoms with van der Waals surface area (Å²) in [7, 11) is -3.53. The fraction of sp³-hybridized carbons (Fsp3) is 0.429. The number of hydrogen-bond acceptors (Lipinski definition) is 5. The van der Waals surface area contributed by atoms with Crippen molar-refractivity contribution in [3.8, 4) is 0 Å². The zero-order valence-electron chi connectivity index (χ0n) is 17.3. The Hall–Kier alpha value is -2.66. The van der Waals surface area contributed by atoms with Gasteiger partial charge in [0.1, 0.15) is 5.82 Å². The first-order chi connectivity index (χ1) is 15.2. The highest BCUT2D eigenvalue weighted by Gasteiger charge is 2.31. The lowest BCUT2D eigenvalue weighted by Gasteiger charge is -2.35. The highest BCUT2D eigenvalue weighted by molar-refractivity contribution is 7.89. The molecule has 0 unspecified atom stereocenters. The summed E-state index contributed by atoms with van der Waals surface area (Å²) >= 11 is 0. The third-order valence-electron chi connectivity index (χ3n) is 5.77. The van der Waals surface area contributed by atoms with Gasteiger partial charge in [0.15, 0.2) is 0 Å². The Bertz CT molecular complexity index is 1060. The van der Waals surface area contributed by atoms with E-state index in [-0.39, 0.29) is 10.8 Å². The number of pyridine rings is 1. The van der Waals surface area contributed by atoms with Crippen LogP contribution in [0.25, 0.3) is 0 Å². The molecule has 0 spiro atoms. The van der Waals surface area contributed by atoms with E-state index in [1.807, 2.05) is 4.90 Å². The largest absolute Gasteiger partial charge is 0.417 e. The van der Waals surface area contributed by atoms with Crippen molar-refractivity contribution < 1.29 is 26.4 Å². The molecular formula is C21H23F3N4O3S. The summed E-state index contributed by atoms with van der Waals surface area (Å²) in [6.45, 7) is 2.67. The molecular weight excluding hydrogens is 445 g/mol. The predicted octanol–water partition coefficient (Wildman–Crippen LogP) is 2.85. The van der Waals surface area contributed by atoms with Gasteiger partial charge in [0.05, 0.1) is 10.5 Å². The summed E-state index contributed by atoms with van der Waals surface area (Å²) in [5.41, 5.74) is -0.406. The van der Waals surface area contributed by atoms with Gasteiger partial charge in [-0.3, -0.25) is 4.79 Å². The molecule has 2 aromatic rings. The van der Waals surface area contributed by atoms with Crippen molar-refractivity contribution in [2.75, 3.05) is 44.2 Å². The fourth-order valence-electron chi connectivity index (χ4n) is 3.91. The molecule has 0 radical (unpaired) electrons. The van der Waals surface area contributed by atoms with Crippen LogP contribution in [-0.2, 0) is 16.2 Å². The maximum absolute atomic E-state index is 12.8. The van der Waals surface area contributed by atoms with Gasteiger partial charge in [0.2, 0.25) is 10.0 Å². The number of piperazine rings is 1. The molecule has 2 aliphatic heterocycles. The van der Waals surface area contributed by atoms with Crippen molar-refractivity contribution >= 4 is 21.7 Å². The number of amides is 1. The Labute approximate surface area is 184 Å². The molecule has 7 nitrogen and oxygen atoms in total. The number of anilines is 1. The van der Waals surface area contributed by atoms with Gasteiger partial charge in [-0.2, -0.15) is 17.5 Å². The second-order valence-electron chi connectivity index (χ2n) is 7.82. The van der Waals surface area contributed by atoms with Crippen LogP contribution in [0.4, 0.5) is 19.0 Å². The molecule has 1 aromatic carbocycles. The van der Waals surface area contributed by atoms with E-state index in [2.05, 4.69) is 4.98 Å². The average Bonchev–Trinajstić information content (AvgIpc) is 3.34. The number of sulfonamides is 1. The lowest BCUT2D eigenvalue weighted by Crippen LogP contribution is -2.49. The van der Waals surface area contributed by atoms with Crippen LogP contribution in [-0.4, -0.2) is 67.8 Å². The van der Waals surface area contributed by atoms with E-state index >= 15 is 0 Å². The van der Waals surface area contributed by atoms with Gasteiger partial charge >= 0.3 is 6.18 Å². The summed E-state index contributed by atoms with van der Waals surface area (Å²) in [6, 6.07) is 8.30. The highest BCUT2D eigenvalue weighted by Crippen LogP contribution is 2.29. The molecule has 0 bridgehead atoms. The topological polar surface area (TPSA) is 73.8 Å². The predicted molar refractivity (Wildman–Crippen MR) is 112 cm³/mol. The van der Waals surface area contributed by atoms with Crippen LogP contribution >= 0.6 is 0 Å². The van der Waals surface area contributed by atoms with Crippen LogP contribution in [0, 0.1) is 0 Å². The zero-order valence-corrected chi connectivity index (χ0v) is 18.1. The molecule has 11 heteroatoms. The Morgan fingerprint density at radius 1 is 0.875 bits per heavy atom. The second-order valence-corrected chi connectivity index (χ2v) is 9.76. The Morgan fingerprint density at radius 2 is 1.50 bits per heavy atom. The Morgan fingerprint density at radius 3 is 2.03 bits per heavy atom. The number of carbonyl (C=O) groups is 1. The lowest BCUT2D eigenvalue weighted by molar-refractivity contribution is -0.137. The third kappa shape index (κ3) is 4.58. The van der Waals surface area contributed by atoms with Gasteiger partial charge in [-0.05, 0) is 49.2 Å². The number of rotatable bonds is 4. The second kappa shape index (κ2) is 8.70. The molecule has 1 aromatic heterocycles. The minimum absolute atomic E-state index is 0.175. The minimum atomic E-state index is -4.43. The number of halogens is 3. The van der Waals surface area contributed by atoms with E-state index in [0.717, 1.165) is 25.1 Å². The molecule has 2 saturated heterocycles. The molecule has 4 rings (SSSR count). The van der Waals surface area contributed by atoms with Crippen LogP contribution in [0.2, 0.25) is 0 Å². The summed E-state index contributed by atoms with van der Waals surface area (Å²) in [6.07, 6.45) is -1.92. The van der Waals surface area contributed by atoms with Gasteiger partial charge in [-0.1, -0.05) is 0 Å². The van der Waals surface area contributed by atoms with Crippen molar-refractivity contribution in [1.82, 2.24) is 14.2 Å². The maximum Gasteiger partial charge on any atom is 0.417 e. The van der Waals surface area contributed by atoms with Crippen molar-refractivity contribution in [1.29, 1.82) is 0 Å². The van der Waals surface area contributed by atoms with Crippen LogP contribution in [0.5, 0.6) is 0 Å². The van der Waals surface area contributed by atoms with Gasteiger partial charge < -0.3 is 9.80 Å². The lowest BCUT2D eigenvalue weighted by atomic mass is 10.2. The fourth-order valence-corrected chi connectivity index (χ4v) is 5.43. The average molecular weight is 469 g/mol. The summed E-state index contributed by atoms with van der Waals surface area (Å²) in [5, 5.41) is 0. The first-order valence-corrected chi connectivity index (χ1v) is 11.8. The molecule has 0 aliphatic carbocycles. The molecule has 3 heterocycles. The number of nitrogens with zero attached hydrogens (tertiary/aromatic N) is 4. The van der Waals surface area contributed by atoms with E-state index in [9.17, 15) is 26.4 Å². The van der Waals surface area contributed by atoms with Crippen molar-refractivity contribution in [2.45, 2.75) is 23.9 Å². The molecule has 2 fully saturated rings. The summed E-state index contributed by atoms with van der Waals surface area (Å²) < 4.78 is 64.8. The molecule has 2 aliphatic rings. The number of benzene rings is 1. The smallest absolute Gasteiger partial charge is 0.353 e. The number of hydrogen-bond donors (Lipinski definition) is 0. The Kier molecular flexibility index (Phi) is 6.13. The first kappa shape index (κ1) is 22.5. The number of aromatic nitrogens is 1. The number of alkyl halides is 3. The standard InChI is InChI=1S/C21H23F3N4O3S/c22-21(23,24)17-5-8-19(25-15-17)26-11-13-27(14-12-26)20(29)16-3-6-18(7-4-16)32(30,31)28-9-1-2-10-28/h3-8,15H,1-2,9-14H2. The molecule has 0 atom stereocenters. The van der Waals surface area contributed by atoms with E-state index in [1.54, 1.807) is 4.90 Å². The highest BCUT2D eigenvalue weighted by atomic mass is 32.2. The third-order valence-corrected chi connectivity index (χ3v) is 7.68. The van der Waals surface area contributed by atoms with E-state index in [4.69, 9.17) is 0 Å². The first-order valence-electron chi connectivity index (χ1n) is 10.3. The SMILES string of the molecule is O=C(c1ccc(S(=O)(=O)N2CCCC2)cc1)N1CCN(c2ccc(C(F)(F)F)cn2)CC1. The van der Waals surface area contributed by atoms with Gasteiger partial charge in [-0.25, -0.2) is 13.4 Å². The summed E-state index contributed by atoms with van der Waals surface area (Å²) in [4.78, 5) is 20.4. The molecule has 1 amide bonds.